The first-order chi connectivity index (χ1) is 9.96. The maximum atomic E-state index is 12.5. The topological polar surface area (TPSA) is 72.2 Å². The monoisotopic (exact) mass is 344 g/mol. The number of benzene rings is 1. The molecular weight excluding hydrogens is 328 g/mol. The van der Waals surface area contributed by atoms with Crippen LogP contribution >= 0.6 is 22.9 Å². The van der Waals surface area contributed by atoms with Gasteiger partial charge in [0.1, 0.15) is 0 Å². The van der Waals surface area contributed by atoms with Gasteiger partial charge in [-0.05, 0) is 35.7 Å². The summed E-state index contributed by atoms with van der Waals surface area (Å²) in [6, 6.07) is 8.88. The van der Waals surface area contributed by atoms with Gasteiger partial charge in [-0.2, -0.15) is 0 Å². The van der Waals surface area contributed by atoms with E-state index in [9.17, 15) is 8.42 Å². The second kappa shape index (κ2) is 6.89. The molecule has 2 aromatic rings. The minimum absolute atomic E-state index is 0.232. The summed E-state index contributed by atoms with van der Waals surface area (Å²) in [5.41, 5.74) is 7.17. The van der Waals surface area contributed by atoms with Crippen LogP contribution in [0.2, 0.25) is 4.34 Å². The summed E-state index contributed by atoms with van der Waals surface area (Å²) in [5, 5.41) is 0. The molecule has 0 spiro atoms. The van der Waals surface area contributed by atoms with E-state index in [1.165, 1.54) is 11.3 Å². The molecule has 0 saturated heterocycles. The Morgan fingerprint density at radius 2 is 2.05 bits per heavy atom. The highest BCUT2D eigenvalue weighted by atomic mass is 35.5. The Hall–Kier alpha value is -0.920. The van der Waals surface area contributed by atoms with Gasteiger partial charge in [-0.3, -0.25) is 0 Å². The third-order valence-corrected chi connectivity index (χ3v) is 5.82. The maximum Gasteiger partial charge on any atom is 0.241 e. The van der Waals surface area contributed by atoms with Crippen molar-refractivity contribution in [1.82, 2.24) is 4.72 Å². The molecule has 0 aliphatic heterocycles. The van der Waals surface area contributed by atoms with Gasteiger partial charge in [0.05, 0.1) is 9.23 Å². The molecule has 0 fully saturated rings. The fourth-order valence-corrected chi connectivity index (χ4v) is 4.44. The van der Waals surface area contributed by atoms with E-state index in [2.05, 4.69) is 4.72 Å². The van der Waals surface area contributed by atoms with Gasteiger partial charge < -0.3 is 5.73 Å². The lowest BCUT2D eigenvalue weighted by Crippen LogP contribution is -2.24. The number of hydrogen-bond acceptors (Lipinski definition) is 4. The molecule has 1 heterocycles. The lowest BCUT2D eigenvalue weighted by molar-refractivity contribution is 0.580. The van der Waals surface area contributed by atoms with Gasteiger partial charge in [-0.15, -0.1) is 11.3 Å². The Kier molecular flexibility index (Phi) is 5.40. The summed E-state index contributed by atoms with van der Waals surface area (Å²) in [6.45, 7) is 2.47. The van der Waals surface area contributed by atoms with Gasteiger partial charge in [-0.25, -0.2) is 13.1 Å². The van der Waals surface area contributed by atoms with Crippen LogP contribution in [0.3, 0.4) is 0 Å². The van der Waals surface area contributed by atoms with E-state index in [1.54, 1.807) is 12.1 Å². The van der Waals surface area contributed by atoms with Crippen LogP contribution in [0.25, 0.3) is 0 Å². The molecule has 0 radical (unpaired) electrons. The SMILES string of the molecule is CCc1ccc(CN)cc1S(=O)(=O)NCc1ccc(Cl)s1. The molecule has 4 nitrogen and oxygen atoms in total. The molecule has 2 rings (SSSR count). The molecule has 21 heavy (non-hydrogen) atoms. The minimum atomic E-state index is -3.57. The zero-order valence-electron chi connectivity index (χ0n) is 11.6. The van der Waals surface area contributed by atoms with Crippen molar-refractivity contribution >= 4 is 33.0 Å². The van der Waals surface area contributed by atoms with Crippen molar-refractivity contribution in [2.75, 3.05) is 0 Å². The van der Waals surface area contributed by atoms with Crippen molar-refractivity contribution in [3.8, 4) is 0 Å². The number of sulfonamides is 1. The first-order valence-corrected chi connectivity index (χ1v) is 9.19. The van der Waals surface area contributed by atoms with E-state index in [0.29, 0.717) is 22.2 Å². The molecule has 7 heteroatoms. The predicted molar refractivity (Wildman–Crippen MR) is 87.1 cm³/mol. The van der Waals surface area contributed by atoms with Crippen molar-refractivity contribution in [1.29, 1.82) is 0 Å². The fourth-order valence-electron chi connectivity index (χ4n) is 1.96. The van der Waals surface area contributed by atoms with Crippen LogP contribution in [-0.2, 0) is 29.5 Å². The van der Waals surface area contributed by atoms with Crippen molar-refractivity contribution in [3.63, 3.8) is 0 Å². The lowest BCUT2D eigenvalue weighted by Gasteiger charge is -2.11. The predicted octanol–water partition coefficient (Wildman–Crippen LogP) is 2.90. The Morgan fingerprint density at radius 3 is 2.62 bits per heavy atom. The molecule has 0 amide bonds. The summed E-state index contributed by atoms with van der Waals surface area (Å²) in [4.78, 5) is 1.17. The zero-order chi connectivity index (χ0) is 15.5. The fraction of sp³-hybridized carbons (Fsp3) is 0.286. The van der Waals surface area contributed by atoms with E-state index in [-0.39, 0.29) is 6.54 Å². The second-order valence-corrected chi connectivity index (χ2v) is 8.07. The van der Waals surface area contributed by atoms with Crippen LogP contribution in [0, 0.1) is 0 Å². The average molecular weight is 345 g/mol. The number of thiophene rings is 1. The molecule has 0 unspecified atom stereocenters. The minimum Gasteiger partial charge on any atom is -0.326 e. The third kappa shape index (κ3) is 4.05. The summed E-state index contributed by atoms with van der Waals surface area (Å²) in [5.74, 6) is 0. The van der Waals surface area contributed by atoms with Crippen LogP contribution in [0.5, 0.6) is 0 Å². The molecule has 114 valence electrons. The number of halogens is 1. The van der Waals surface area contributed by atoms with E-state index in [0.717, 1.165) is 16.0 Å². The van der Waals surface area contributed by atoms with Crippen LogP contribution in [0.1, 0.15) is 22.9 Å². The van der Waals surface area contributed by atoms with Crippen LogP contribution in [0.15, 0.2) is 35.2 Å². The molecular formula is C14H17ClN2O2S2. The number of nitrogens with two attached hydrogens (primary N) is 1. The van der Waals surface area contributed by atoms with Gasteiger partial charge in [0, 0.05) is 18.0 Å². The Morgan fingerprint density at radius 1 is 1.29 bits per heavy atom. The molecule has 0 saturated carbocycles. The smallest absolute Gasteiger partial charge is 0.241 e. The van der Waals surface area contributed by atoms with Crippen LogP contribution in [-0.4, -0.2) is 8.42 Å². The summed E-state index contributed by atoms with van der Waals surface area (Å²) >= 11 is 7.20. The van der Waals surface area contributed by atoms with Gasteiger partial charge >= 0.3 is 0 Å². The molecule has 0 atom stereocenters. The maximum absolute atomic E-state index is 12.5. The number of aryl methyl sites for hydroxylation is 1. The van der Waals surface area contributed by atoms with Gasteiger partial charge in [0.25, 0.3) is 0 Å². The average Bonchev–Trinajstić information content (AvgIpc) is 2.90. The zero-order valence-corrected chi connectivity index (χ0v) is 14.0. The summed E-state index contributed by atoms with van der Waals surface area (Å²) in [6.07, 6.45) is 0.645. The highest BCUT2D eigenvalue weighted by Crippen LogP contribution is 2.23. The standard InChI is InChI=1S/C14H17ClN2O2S2/c1-2-11-4-3-10(8-16)7-13(11)21(18,19)17-9-12-5-6-14(15)20-12/h3-7,17H,2,8-9,16H2,1H3. The summed E-state index contributed by atoms with van der Waals surface area (Å²) in [7, 11) is -3.57. The lowest BCUT2D eigenvalue weighted by atomic mass is 10.1. The highest BCUT2D eigenvalue weighted by molar-refractivity contribution is 7.89. The molecule has 1 aromatic heterocycles. The third-order valence-electron chi connectivity index (χ3n) is 3.10. The number of hydrogen-bond donors (Lipinski definition) is 2. The Bertz CT molecular complexity index is 726. The van der Waals surface area contributed by atoms with Gasteiger partial charge in [0.15, 0.2) is 0 Å². The number of rotatable bonds is 6. The quantitative estimate of drug-likeness (QED) is 0.846. The van der Waals surface area contributed by atoms with Crippen molar-refractivity contribution in [3.05, 3.63) is 50.7 Å². The Labute approximate surface area is 134 Å². The van der Waals surface area contributed by atoms with E-state index in [4.69, 9.17) is 17.3 Å². The molecule has 1 aromatic carbocycles. The van der Waals surface area contributed by atoms with Crippen molar-refractivity contribution in [2.24, 2.45) is 5.73 Å². The first kappa shape index (κ1) is 16.5. The van der Waals surface area contributed by atoms with Crippen molar-refractivity contribution < 1.29 is 8.42 Å². The van der Waals surface area contributed by atoms with Gasteiger partial charge in [-0.1, -0.05) is 30.7 Å². The normalized spacial score (nSPS) is 11.8. The first-order valence-electron chi connectivity index (χ1n) is 6.52. The molecule has 0 aliphatic rings. The second-order valence-electron chi connectivity index (χ2n) is 4.53. The molecule has 3 N–H and O–H groups in total. The van der Waals surface area contributed by atoms with Gasteiger partial charge in [0.2, 0.25) is 10.0 Å². The Balaban J connectivity index is 2.26. The molecule has 0 aliphatic carbocycles. The molecule has 0 bridgehead atoms. The highest BCUT2D eigenvalue weighted by Gasteiger charge is 2.18. The number of nitrogens with one attached hydrogen (secondary N) is 1. The van der Waals surface area contributed by atoms with E-state index < -0.39 is 10.0 Å². The van der Waals surface area contributed by atoms with Crippen LogP contribution < -0.4 is 10.5 Å². The largest absolute Gasteiger partial charge is 0.326 e. The van der Waals surface area contributed by atoms with E-state index >= 15 is 0 Å². The van der Waals surface area contributed by atoms with Crippen LogP contribution in [0.4, 0.5) is 0 Å². The van der Waals surface area contributed by atoms with Crippen molar-refractivity contribution in [2.45, 2.75) is 31.3 Å². The van der Waals surface area contributed by atoms with E-state index in [1.807, 2.05) is 25.1 Å². The summed E-state index contributed by atoms with van der Waals surface area (Å²) < 4.78 is 28.2.